The number of nitrogens with one attached hydrogen (secondary N) is 1. The molecule has 2 aromatic rings. The lowest BCUT2D eigenvalue weighted by Crippen LogP contribution is -2.31. The Morgan fingerprint density at radius 2 is 1.60 bits per heavy atom. The highest BCUT2D eigenvalue weighted by molar-refractivity contribution is 8.93. The molecule has 1 atom stereocenters. The lowest BCUT2D eigenvalue weighted by atomic mass is 9.78. The molecule has 0 radical (unpaired) electrons. The smallest absolute Gasteiger partial charge is 0.182 e. The van der Waals surface area contributed by atoms with E-state index in [1.807, 2.05) is 35.2 Å². The van der Waals surface area contributed by atoms with Crippen LogP contribution in [0.1, 0.15) is 88.4 Å². The zero-order valence-corrected chi connectivity index (χ0v) is 23.9. The van der Waals surface area contributed by atoms with Gasteiger partial charge in [0, 0.05) is 29.2 Å². The van der Waals surface area contributed by atoms with Crippen LogP contribution in [0, 0.1) is 11.3 Å². The van der Waals surface area contributed by atoms with Gasteiger partial charge in [0.25, 0.3) is 0 Å². The number of benzene rings is 2. The van der Waals surface area contributed by atoms with E-state index in [0.29, 0.717) is 17.9 Å². The van der Waals surface area contributed by atoms with Crippen molar-refractivity contribution in [1.29, 1.82) is 5.41 Å². The third-order valence-corrected chi connectivity index (χ3v) is 6.61. The Labute approximate surface area is 221 Å². The minimum atomic E-state index is -0.293. The Balaban J connectivity index is 0.00000432. The minimum Gasteiger partial charge on any atom is -0.507 e. The number of aromatic hydroxyl groups is 1. The molecule has 0 saturated carbocycles. The molecule has 1 saturated heterocycles. The summed E-state index contributed by atoms with van der Waals surface area (Å²) in [5, 5.41) is 19.9. The first-order chi connectivity index (χ1) is 15.8. The quantitative estimate of drug-likeness (QED) is 0.372. The molecule has 2 aromatic carbocycles. The van der Waals surface area contributed by atoms with Crippen molar-refractivity contribution in [3.8, 4) is 5.75 Å². The second-order valence-corrected chi connectivity index (χ2v) is 11.6. The second-order valence-electron chi connectivity index (χ2n) is 11.6. The van der Waals surface area contributed by atoms with Crippen LogP contribution in [0.25, 0.3) is 6.08 Å². The number of phenolic OH excluding ortho intramolecular Hbond substituents is 1. The van der Waals surface area contributed by atoms with Crippen LogP contribution in [0.3, 0.4) is 0 Å². The van der Waals surface area contributed by atoms with Gasteiger partial charge in [-0.2, -0.15) is 0 Å². The molecular formula is C30H41BrN2O2. The van der Waals surface area contributed by atoms with Gasteiger partial charge in [-0.3, -0.25) is 10.2 Å². The van der Waals surface area contributed by atoms with Crippen LogP contribution in [0.5, 0.6) is 5.75 Å². The van der Waals surface area contributed by atoms with Crippen molar-refractivity contribution in [2.75, 3.05) is 13.1 Å². The average molecular weight is 542 g/mol. The molecule has 1 unspecified atom stereocenters. The Morgan fingerprint density at radius 1 is 1.06 bits per heavy atom. The predicted molar refractivity (Wildman–Crippen MR) is 152 cm³/mol. The highest BCUT2D eigenvalue weighted by atomic mass is 79.9. The highest BCUT2D eigenvalue weighted by Gasteiger charge is 2.34. The number of nitrogens with zero attached hydrogens (tertiary/aromatic N) is 1. The number of amidine groups is 1. The SMILES string of the molecule is Br.CCCC1CN(CC(=O)c2cc(C(C)(C)C)c(O)c(C(C)(C)C)c2)C(=N)/C1=C/c1ccccc1. The molecule has 1 heterocycles. The van der Waals surface area contributed by atoms with Crippen molar-refractivity contribution >= 4 is 34.7 Å². The summed E-state index contributed by atoms with van der Waals surface area (Å²) in [5.74, 6) is 0.959. The van der Waals surface area contributed by atoms with Gasteiger partial charge < -0.3 is 10.0 Å². The molecule has 5 heteroatoms. The van der Waals surface area contributed by atoms with Gasteiger partial charge in [-0.1, -0.05) is 85.2 Å². The monoisotopic (exact) mass is 540 g/mol. The van der Waals surface area contributed by atoms with E-state index in [2.05, 4.69) is 66.7 Å². The summed E-state index contributed by atoms with van der Waals surface area (Å²) in [7, 11) is 0. The van der Waals surface area contributed by atoms with Crippen LogP contribution < -0.4 is 0 Å². The molecule has 3 rings (SSSR count). The van der Waals surface area contributed by atoms with Crippen LogP contribution in [0.15, 0.2) is 48.0 Å². The summed E-state index contributed by atoms with van der Waals surface area (Å²) in [6.07, 6.45) is 4.13. The molecule has 0 bridgehead atoms. The molecule has 4 nitrogen and oxygen atoms in total. The summed E-state index contributed by atoms with van der Waals surface area (Å²) in [6.45, 7) is 15.3. The van der Waals surface area contributed by atoms with Crippen LogP contribution in [0.2, 0.25) is 0 Å². The Kier molecular flexibility index (Phi) is 9.16. The summed E-state index contributed by atoms with van der Waals surface area (Å²) >= 11 is 0. The van der Waals surface area contributed by atoms with Crippen LogP contribution in [0.4, 0.5) is 0 Å². The summed E-state index contributed by atoms with van der Waals surface area (Å²) < 4.78 is 0. The highest BCUT2D eigenvalue weighted by Crippen LogP contribution is 2.40. The number of phenols is 1. The predicted octanol–water partition coefficient (Wildman–Crippen LogP) is 7.54. The van der Waals surface area contributed by atoms with Gasteiger partial charge in [-0.25, -0.2) is 0 Å². The van der Waals surface area contributed by atoms with Crippen molar-refractivity contribution in [1.82, 2.24) is 4.90 Å². The van der Waals surface area contributed by atoms with E-state index in [0.717, 1.165) is 35.1 Å². The lowest BCUT2D eigenvalue weighted by Gasteiger charge is -2.28. The number of carbonyl (C=O) groups is 1. The molecule has 190 valence electrons. The number of halogens is 1. The summed E-state index contributed by atoms with van der Waals surface area (Å²) in [6, 6.07) is 13.8. The second kappa shape index (κ2) is 11.1. The number of likely N-dealkylation sites (tertiary alicyclic amines) is 1. The number of hydrogen-bond donors (Lipinski definition) is 2. The van der Waals surface area contributed by atoms with Crippen molar-refractivity contribution < 1.29 is 9.90 Å². The first-order valence-electron chi connectivity index (χ1n) is 12.3. The van der Waals surface area contributed by atoms with Crippen molar-refractivity contribution in [2.24, 2.45) is 5.92 Å². The molecule has 0 spiro atoms. The van der Waals surface area contributed by atoms with Crippen molar-refractivity contribution in [3.63, 3.8) is 0 Å². The molecule has 1 fully saturated rings. The number of Topliss-reactive ketones (excluding diaryl/α,β-unsaturated/α-hetero) is 1. The number of hydrogen-bond acceptors (Lipinski definition) is 3. The average Bonchev–Trinajstić information content (AvgIpc) is 3.02. The van der Waals surface area contributed by atoms with E-state index in [-0.39, 0.29) is 51.8 Å². The first-order valence-corrected chi connectivity index (χ1v) is 12.3. The van der Waals surface area contributed by atoms with Crippen LogP contribution in [-0.4, -0.2) is 34.7 Å². The van der Waals surface area contributed by atoms with E-state index in [1.165, 1.54) is 0 Å². The van der Waals surface area contributed by atoms with E-state index in [4.69, 9.17) is 5.41 Å². The number of carbonyl (C=O) groups excluding carboxylic acids is 1. The first kappa shape index (κ1) is 28.8. The van der Waals surface area contributed by atoms with E-state index >= 15 is 0 Å². The third-order valence-electron chi connectivity index (χ3n) is 6.61. The van der Waals surface area contributed by atoms with Crippen LogP contribution >= 0.6 is 17.0 Å². The maximum atomic E-state index is 13.5. The van der Waals surface area contributed by atoms with Gasteiger partial charge in [0.1, 0.15) is 11.6 Å². The van der Waals surface area contributed by atoms with Gasteiger partial charge in [-0.15, -0.1) is 17.0 Å². The number of ketones is 1. The molecule has 2 N–H and O–H groups in total. The minimum absolute atomic E-state index is 0. The topological polar surface area (TPSA) is 64.4 Å². The fourth-order valence-corrected chi connectivity index (χ4v) is 4.69. The largest absolute Gasteiger partial charge is 0.507 e. The Morgan fingerprint density at radius 3 is 2.09 bits per heavy atom. The fraction of sp³-hybridized carbons (Fsp3) is 0.467. The van der Waals surface area contributed by atoms with Gasteiger partial charge in [0.05, 0.1) is 6.54 Å². The Hall–Kier alpha value is -2.40. The standard InChI is InChI=1S/C30H40N2O2.BrH/c1-8-12-21-18-32(28(31)23(21)15-20-13-10-9-11-14-20)19-26(33)22-16-24(29(2,3)4)27(34)25(17-22)30(5,6)7;/h9-11,13-17,21,31,34H,8,12,18-19H2,1-7H3;1H/b23-15+,31-28?;. The van der Waals surface area contributed by atoms with Gasteiger partial charge in [-0.05, 0) is 46.6 Å². The molecule has 0 amide bonds. The van der Waals surface area contributed by atoms with Gasteiger partial charge in [0.2, 0.25) is 0 Å². The maximum Gasteiger partial charge on any atom is 0.182 e. The number of rotatable bonds is 6. The third kappa shape index (κ3) is 6.63. The lowest BCUT2D eigenvalue weighted by molar-refractivity contribution is 0.0963. The molecule has 0 aromatic heterocycles. The molecule has 35 heavy (non-hydrogen) atoms. The van der Waals surface area contributed by atoms with Crippen LogP contribution in [-0.2, 0) is 10.8 Å². The summed E-state index contributed by atoms with van der Waals surface area (Å²) in [5.41, 5.74) is 3.68. The van der Waals surface area contributed by atoms with Crippen molar-refractivity contribution in [3.05, 3.63) is 70.3 Å². The van der Waals surface area contributed by atoms with Gasteiger partial charge in [0.15, 0.2) is 5.78 Å². The maximum absolute atomic E-state index is 13.5. The molecule has 1 aliphatic rings. The van der Waals surface area contributed by atoms with E-state index < -0.39 is 0 Å². The molecule has 1 aliphatic heterocycles. The van der Waals surface area contributed by atoms with E-state index in [1.54, 1.807) is 0 Å². The zero-order chi connectivity index (χ0) is 25.3. The van der Waals surface area contributed by atoms with E-state index in [9.17, 15) is 9.90 Å². The Bertz CT molecular complexity index is 1060. The zero-order valence-electron chi connectivity index (χ0n) is 22.2. The molecule has 0 aliphatic carbocycles. The summed E-state index contributed by atoms with van der Waals surface area (Å²) in [4.78, 5) is 15.4. The van der Waals surface area contributed by atoms with Crippen molar-refractivity contribution in [2.45, 2.75) is 72.1 Å². The normalized spacial score (nSPS) is 17.6. The van der Waals surface area contributed by atoms with Gasteiger partial charge >= 0.3 is 0 Å². The molecular weight excluding hydrogens is 500 g/mol. The fourth-order valence-electron chi connectivity index (χ4n) is 4.69.